The number of ether oxygens (including phenoxy) is 2. The van der Waals surface area contributed by atoms with Crippen molar-refractivity contribution in [1.29, 1.82) is 0 Å². The summed E-state index contributed by atoms with van der Waals surface area (Å²) in [6.45, 7) is 2.20. The second kappa shape index (κ2) is 9.01. The number of unbranched alkanes of at least 4 members (excludes halogenated alkanes) is 2. The molecule has 1 atom stereocenters. The highest BCUT2D eigenvalue weighted by molar-refractivity contribution is 14.1. The van der Waals surface area contributed by atoms with Gasteiger partial charge in [0.25, 0.3) is 0 Å². The van der Waals surface area contributed by atoms with Crippen LogP contribution in [-0.2, 0) is 15.2 Å². The lowest BCUT2D eigenvalue weighted by Crippen LogP contribution is -2.53. The van der Waals surface area contributed by atoms with Crippen molar-refractivity contribution in [3.05, 3.63) is 33.4 Å². The van der Waals surface area contributed by atoms with Crippen LogP contribution in [0.2, 0.25) is 0 Å². The maximum atomic E-state index is 12.1. The van der Waals surface area contributed by atoms with Crippen molar-refractivity contribution in [3.8, 4) is 0 Å². The maximum absolute atomic E-state index is 12.1. The van der Waals surface area contributed by atoms with E-state index in [4.69, 9.17) is 9.47 Å². The number of hydrogen-bond donors (Lipinski definition) is 1. The highest BCUT2D eigenvalue weighted by Crippen LogP contribution is 2.44. The highest BCUT2D eigenvalue weighted by Gasteiger charge is 2.50. The number of amides is 1. The van der Waals surface area contributed by atoms with Crippen molar-refractivity contribution in [2.24, 2.45) is 0 Å². The molecule has 0 aliphatic heterocycles. The van der Waals surface area contributed by atoms with Crippen LogP contribution in [0, 0.1) is 3.57 Å². The first-order chi connectivity index (χ1) is 11.6. The Labute approximate surface area is 157 Å². The van der Waals surface area contributed by atoms with Crippen molar-refractivity contribution in [2.45, 2.75) is 57.2 Å². The number of nitrogens with zero attached hydrogens (tertiary/aromatic N) is 1. The number of methoxy groups -OCH3 is 1. The predicted molar refractivity (Wildman–Crippen MR) is 101 cm³/mol. The molecule has 24 heavy (non-hydrogen) atoms. The van der Waals surface area contributed by atoms with Crippen LogP contribution in [0.3, 0.4) is 0 Å². The van der Waals surface area contributed by atoms with Gasteiger partial charge in [-0.2, -0.15) is 0 Å². The fraction of sp³-hybridized carbons (Fsp3) is 0.611. The molecule has 1 aromatic rings. The highest BCUT2D eigenvalue weighted by atomic mass is 127. The predicted octanol–water partition coefficient (Wildman–Crippen LogP) is 4.79. The third kappa shape index (κ3) is 4.40. The molecule has 1 aliphatic carbocycles. The molecule has 1 aromatic carbocycles. The molecule has 134 valence electrons. The molecule has 1 saturated carbocycles. The Hall–Kier alpha value is -0.860. The molecule has 0 saturated heterocycles. The zero-order valence-electron chi connectivity index (χ0n) is 14.3. The van der Waals surface area contributed by atoms with Crippen LogP contribution in [0.1, 0.15) is 51.0 Å². The van der Waals surface area contributed by atoms with E-state index in [1.54, 1.807) is 7.11 Å². The Kier molecular flexibility index (Phi) is 7.31. The summed E-state index contributed by atoms with van der Waals surface area (Å²) < 4.78 is 12.3. The van der Waals surface area contributed by atoms with Gasteiger partial charge in [0.1, 0.15) is 6.79 Å². The van der Waals surface area contributed by atoms with Gasteiger partial charge in [0.05, 0.1) is 0 Å². The Morgan fingerprint density at radius 1 is 1.38 bits per heavy atom. The van der Waals surface area contributed by atoms with Gasteiger partial charge >= 0.3 is 6.09 Å². The molecule has 1 aliphatic rings. The monoisotopic (exact) mass is 447 g/mol. The molecule has 0 aromatic heterocycles. The third-order valence-electron chi connectivity index (χ3n) is 4.34. The average molecular weight is 447 g/mol. The van der Waals surface area contributed by atoms with E-state index in [0.29, 0.717) is 6.42 Å². The van der Waals surface area contributed by atoms with E-state index in [1.807, 2.05) is 24.3 Å². The van der Waals surface area contributed by atoms with Crippen LogP contribution in [0.15, 0.2) is 24.3 Å². The van der Waals surface area contributed by atoms with Gasteiger partial charge in [0.2, 0.25) is 0 Å². The molecule has 0 heterocycles. The van der Waals surface area contributed by atoms with Crippen LogP contribution < -0.4 is 0 Å². The summed E-state index contributed by atoms with van der Waals surface area (Å²) >= 11 is 2.26. The molecule has 1 N–H and O–H groups in total. The number of rotatable bonds is 10. The van der Waals surface area contributed by atoms with E-state index in [2.05, 4.69) is 29.5 Å². The number of halogens is 1. The van der Waals surface area contributed by atoms with Crippen molar-refractivity contribution in [1.82, 2.24) is 4.90 Å². The summed E-state index contributed by atoms with van der Waals surface area (Å²) in [6.07, 6.45) is 4.50. The summed E-state index contributed by atoms with van der Waals surface area (Å²) in [7, 11) is 1.56. The summed E-state index contributed by atoms with van der Waals surface area (Å²) in [4.78, 5) is 13.6. The number of benzene rings is 1. The van der Waals surface area contributed by atoms with Gasteiger partial charge in [-0.1, -0.05) is 38.0 Å². The Morgan fingerprint density at radius 3 is 2.62 bits per heavy atom. The topological polar surface area (TPSA) is 59.0 Å². The zero-order chi connectivity index (χ0) is 17.6. The fourth-order valence-corrected chi connectivity index (χ4v) is 3.90. The van der Waals surface area contributed by atoms with E-state index >= 15 is 0 Å². The Bertz CT molecular complexity index is 550. The van der Waals surface area contributed by atoms with Gasteiger partial charge in [0, 0.05) is 28.7 Å². The minimum atomic E-state index is -0.990. The minimum absolute atomic E-state index is 0.0250. The summed E-state index contributed by atoms with van der Waals surface area (Å²) in [6, 6.07) is 7.89. The molecule has 0 bridgehead atoms. The third-order valence-corrected chi connectivity index (χ3v) is 5.28. The molecule has 1 fully saturated rings. The smallest absolute Gasteiger partial charge is 0.410 e. The van der Waals surface area contributed by atoms with Crippen molar-refractivity contribution in [2.75, 3.05) is 13.9 Å². The first kappa shape index (κ1) is 19.5. The Balaban J connectivity index is 2.49. The summed E-state index contributed by atoms with van der Waals surface area (Å²) in [5, 5.41) is 9.93. The van der Waals surface area contributed by atoms with Gasteiger partial charge in [-0.05, 0) is 47.9 Å². The van der Waals surface area contributed by atoms with Crippen LogP contribution in [0.4, 0.5) is 4.79 Å². The second-order valence-corrected chi connectivity index (χ2v) is 7.32. The zero-order valence-corrected chi connectivity index (χ0v) is 16.5. The first-order valence-corrected chi connectivity index (χ1v) is 9.55. The van der Waals surface area contributed by atoms with Gasteiger partial charge in [-0.25, -0.2) is 4.79 Å². The summed E-state index contributed by atoms with van der Waals surface area (Å²) in [5.41, 5.74) is -0.0799. The number of hydrogen-bond acceptors (Lipinski definition) is 3. The lowest BCUT2D eigenvalue weighted by Gasteiger charge is -2.43. The number of carbonyl (C=O) groups is 1. The normalized spacial score (nSPS) is 16.6. The Morgan fingerprint density at radius 2 is 2.08 bits per heavy atom. The van der Waals surface area contributed by atoms with Gasteiger partial charge in [-0.15, -0.1) is 0 Å². The van der Waals surface area contributed by atoms with E-state index in [9.17, 15) is 9.90 Å². The second-order valence-electron chi connectivity index (χ2n) is 6.16. The SMILES string of the molecule is CCCCC[C@](OCOC)(c1ccccc1I)N(C(=O)O)C1CC1. The lowest BCUT2D eigenvalue weighted by atomic mass is 9.94. The quantitative estimate of drug-likeness (QED) is 0.319. The van der Waals surface area contributed by atoms with Gasteiger partial charge < -0.3 is 14.6 Å². The molecule has 5 nitrogen and oxygen atoms in total. The molecule has 0 radical (unpaired) electrons. The number of carboxylic acid groups (broad SMARTS) is 1. The van der Waals surface area contributed by atoms with E-state index < -0.39 is 11.8 Å². The maximum Gasteiger partial charge on any atom is 0.410 e. The molecule has 6 heteroatoms. The standard InChI is InChI=1S/C18H26INO4/c1-3-4-7-12-18(24-13-23-2,15-8-5-6-9-16(15)19)20(17(21)22)14-10-11-14/h5-6,8-9,14H,3-4,7,10-13H2,1-2H3,(H,21,22)/t18-/m0/s1. The van der Waals surface area contributed by atoms with Crippen LogP contribution >= 0.6 is 22.6 Å². The molecule has 0 spiro atoms. The molecule has 0 unspecified atom stereocenters. The van der Waals surface area contributed by atoms with E-state index in [0.717, 1.165) is 41.2 Å². The van der Waals surface area contributed by atoms with Crippen molar-refractivity contribution < 1.29 is 19.4 Å². The summed E-state index contributed by atoms with van der Waals surface area (Å²) in [5.74, 6) is 0. The van der Waals surface area contributed by atoms with Crippen molar-refractivity contribution >= 4 is 28.7 Å². The van der Waals surface area contributed by atoms with Crippen LogP contribution in [-0.4, -0.2) is 36.0 Å². The first-order valence-electron chi connectivity index (χ1n) is 8.47. The largest absolute Gasteiger partial charge is 0.465 e. The lowest BCUT2D eigenvalue weighted by molar-refractivity contribution is -0.208. The van der Waals surface area contributed by atoms with Gasteiger partial charge in [0.15, 0.2) is 5.72 Å². The molecular weight excluding hydrogens is 421 g/mol. The van der Waals surface area contributed by atoms with E-state index in [1.165, 1.54) is 4.90 Å². The van der Waals surface area contributed by atoms with Crippen molar-refractivity contribution in [3.63, 3.8) is 0 Å². The minimum Gasteiger partial charge on any atom is -0.465 e. The molecule has 1 amide bonds. The van der Waals surface area contributed by atoms with Crippen LogP contribution in [0.5, 0.6) is 0 Å². The fourth-order valence-electron chi connectivity index (χ4n) is 3.09. The van der Waals surface area contributed by atoms with E-state index in [-0.39, 0.29) is 12.8 Å². The molecular formula is C18H26INO4. The molecule has 2 rings (SSSR count). The van der Waals surface area contributed by atoms with Gasteiger partial charge in [-0.3, -0.25) is 4.90 Å². The van der Waals surface area contributed by atoms with Crippen LogP contribution in [0.25, 0.3) is 0 Å². The average Bonchev–Trinajstić information content (AvgIpc) is 3.37.